The molecule has 0 unspecified atom stereocenters. The predicted octanol–water partition coefficient (Wildman–Crippen LogP) is 3.55. The van der Waals surface area contributed by atoms with Gasteiger partial charge in [-0.1, -0.05) is 29.8 Å². The highest BCUT2D eigenvalue weighted by Crippen LogP contribution is 2.25. The van der Waals surface area contributed by atoms with Gasteiger partial charge in [0.2, 0.25) is 5.91 Å². The van der Waals surface area contributed by atoms with Crippen LogP contribution in [0.2, 0.25) is 5.02 Å². The number of likely N-dealkylation sites (tertiary alicyclic amines) is 1. The van der Waals surface area contributed by atoms with Crippen LogP contribution < -0.4 is 0 Å². The van der Waals surface area contributed by atoms with Gasteiger partial charge in [-0.15, -0.1) is 0 Å². The molecule has 1 aliphatic rings. The Hall–Kier alpha value is -1.81. The molecule has 0 spiro atoms. The first-order valence-corrected chi connectivity index (χ1v) is 8.94. The molecule has 2 heterocycles. The molecular weight excluding hydrogens is 322 g/mol. The van der Waals surface area contributed by atoms with Crippen LogP contribution in [0, 0.1) is 6.92 Å². The minimum absolute atomic E-state index is 0.243. The molecule has 1 amide bonds. The Balaban J connectivity index is 1.61. The smallest absolute Gasteiger partial charge is 0.223 e. The van der Waals surface area contributed by atoms with Crippen molar-refractivity contribution in [3.8, 4) is 0 Å². The first-order valence-electron chi connectivity index (χ1n) is 8.56. The van der Waals surface area contributed by atoms with Crippen LogP contribution in [-0.2, 0) is 24.7 Å². The van der Waals surface area contributed by atoms with Crippen molar-refractivity contribution < 1.29 is 4.79 Å². The van der Waals surface area contributed by atoms with Gasteiger partial charge in [-0.3, -0.25) is 9.48 Å². The van der Waals surface area contributed by atoms with Crippen molar-refractivity contribution in [2.45, 2.75) is 45.1 Å². The highest BCUT2D eigenvalue weighted by Gasteiger charge is 2.28. The molecule has 128 valence electrons. The zero-order chi connectivity index (χ0) is 17.1. The average Bonchev–Trinajstić information content (AvgIpc) is 3.13. The van der Waals surface area contributed by atoms with Gasteiger partial charge in [0, 0.05) is 37.3 Å². The highest BCUT2D eigenvalue weighted by atomic mass is 35.5. The highest BCUT2D eigenvalue weighted by molar-refractivity contribution is 6.31. The van der Waals surface area contributed by atoms with E-state index in [-0.39, 0.29) is 11.9 Å². The van der Waals surface area contributed by atoms with E-state index >= 15 is 0 Å². The van der Waals surface area contributed by atoms with Gasteiger partial charge in [0.15, 0.2) is 0 Å². The number of carbonyl (C=O) groups is 1. The topological polar surface area (TPSA) is 38.1 Å². The zero-order valence-electron chi connectivity index (χ0n) is 14.3. The van der Waals surface area contributed by atoms with Crippen LogP contribution in [0.1, 0.15) is 36.1 Å². The minimum Gasteiger partial charge on any atom is -0.339 e. The SMILES string of the molecule is Cc1nn(C)cc1CCC(=O)N1CCC[C@@H]1Cc1ccccc1Cl. The largest absolute Gasteiger partial charge is 0.339 e. The van der Waals surface area contributed by atoms with E-state index in [1.807, 2.05) is 43.0 Å². The number of hydrogen-bond acceptors (Lipinski definition) is 2. The molecule has 3 rings (SSSR count). The van der Waals surface area contributed by atoms with E-state index in [1.165, 1.54) is 0 Å². The maximum absolute atomic E-state index is 12.7. The third kappa shape index (κ3) is 3.81. The molecule has 0 N–H and O–H groups in total. The fourth-order valence-electron chi connectivity index (χ4n) is 3.57. The van der Waals surface area contributed by atoms with Crippen LogP contribution in [0.15, 0.2) is 30.5 Å². The molecule has 1 aromatic carbocycles. The Bertz CT molecular complexity index is 725. The third-order valence-electron chi connectivity index (χ3n) is 4.83. The van der Waals surface area contributed by atoms with E-state index in [9.17, 15) is 4.79 Å². The van der Waals surface area contributed by atoms with Crippen LogP contribution in [0.3, 0.4) is 0 Å². The van der Waals surface area contributed by atoms with E-state index in [0.29, 0.717) is 6.42 Å². The van der Waals surface area contributed by atoms with Crippen molar-refractivity contribution in [2.75, 3.05) is 6.54 Å². The molecule has 1 aliphatic heterocycles. The number of nitrogens with zero attached hydrogens (tertiary/aromatic N) is 3. The maximum atomic E-state index is 12.7. The summed E-state index contributed by atoms with van der Waals surface area (Å²) in [5.41, 5.74) is 3.30. The molecular formula is C19H24ClN3O. The second-order valence-electron chi connectivity index (χ2n) is 6.59. The van der Waals surface area contributed by atoms with Crippen LogP contribution in [0.4, 0.5) is 0 Å². The Morgan fingerprint density at radius 2 is 2.12 bits per heavy atom. The van der Waals surface area contributed by atoms with E-state index in [0.717, 1.165) is 54.1 Å². The zero-order valence-corrected chi connectivity index (χ0v) is 15.1. The van der Waals surface area contributed by atoms with E-state index in [4.69, 9.17) is 11.6 Å². The third-order valence-corrected chi connectivity index (χ3v) is 5.20. The minimum atomic E-state index is 0.243. The number of rotatable bonds is 5. The molecule has 2 aromatic rings. The second-order valence-corrected chi connectivity index (χ2v) is 7.00. The average molecular weight is 346 g/mol. The quantitative estimate of drug-likeness (QED) is 0.831. The van der Waals surface area contributed by atoms with Gasteiger partial charge < -0.3 is 4.90 Å². The number of aryl methyl sites for hydroxylation is 3. The summed E-state index contributed by atoms with van der Waals surface area (Å²) in [7, 11) is 1.92. The second kappa shape index (κ2) is 7.39. The Morgan fingerprint density at radius 3 is 2.83 bits per heavy atom. The lowest BCUT2D eigenvalue weighted by Gasteiger charge is -2.25. The molecule has 1 fully saturated rings. The number of amides is 1. The van der Waals surface area contributed by atoms with Crippen LogP contribution in [0.25, 0.3) is 0 Å². The molecule has 5 heteroatoms. The summed E-state index contributed by atoms with van der Waals surface area (Å²) in [5, 5.41) is 5.14. The first-order chi connectivity index (χ1) is 11.5. The summed E-state index contributed by atoms with van der Waals surface area (Å²) in [6.07, 6.45) is 6.29. The van der Waals surface area contributed by atoms with Gasteiger partial charge in [-0.25, -0.2) is 0 Å². The molecule has 0 aliphatic carbocycles. The molecule has 24 heavy (non-hydrogen) atoms. The van der Waals surface area contributed by atoms with E-state index in [1.54, 1.807) is 0 Å². The summed E-state index contributed by atoms with van der Waals surface area (Å²) >= 11 is 6.28. The fraction of sp³-hybridized carbons (Fsp3) is 0.474. The van der Waals surface area contributed by atoms with Crippen LogP contribution >= 0.6 is 11.6 Å². The normalized spacial score (nSPS) is 17.5. The van der Waals surface area contributed by atoms with Crippen molar-refractivity contribution >= 4 is 17.5 Å². The van der Waals surface area contributed by atoms with Crippen LogP contribution in [-0.4, -0.2) is 33.2 Å². The summed E-state index contributed by atoms with van der Waals surface area (Å²) in [4.78, 5) is 14.7. The molecule has 0 saturated carbocycles. The molecule has 4 nitrogen and oxygen atoms in total. The van der Waals surface area contributed by atoms with Crippen molar-refractivity contribution in [3.05, 3.63) is 52.3 Å². The fourth-order valence-corrected chi connectivity index (χ4v) is 3.79. The van der Waals surface area contributed by atoms with Crippen LogP contribution in [0.5, 0.6) is 0 Å². The van der Waals surface area contributed by atoms with Crippen molar-refractivity contribution in [1.29, 1.82) is 0 Å². The summed E-state index contributed by atoms with van der Waals surface area (Å²) in [5.74, 6) is 0.243. The van der Waals surface area contributed by atoms with Crippen molar-refractivity contribution in [2.24, 2.45) is 7.05 Å². The summed E-state index contributed by atoms with van der Waals surface area (Å²) in [6, 6.07) is 8.20. The summed E-state index contributed by atoms with van der Waals surface area (Å²) < 4.78 is 1.81. The van der Waals surface area contributed by atoms with E-state index in [2.05, 4.69) is 16.1 Å². The van der Waals surface area contributed by atoms with E-state index < -0.39 is 0 Å². The Morgan fingerprint density at radius 1 is 1.33 bits per heavy atom. The number of hydrogen-bond donors (Lipinski definition) is 0. The van der Waals surface area contributed by atoms with Gasteiger partial charge >= 0.3 is 0 Å². The van der Waals surface area contributed by atoms with Gasteiger partial charge in [-0.05, 0) is 49.8 Å². The van der Waals surface area contributed by atoms with Gasteiger partial charge in [0.25, 0.3) is 0 Å². The number of benzene rings is 1. The molecule has 1 aromatic heterocycles. The van der Waals surface area contributed by atoms with Gasteiger partial charge in [-0.2, -0.15) is 5.10 Å². The number of carbonyl (C=O) groups excluding carboxylic acids is 1. The lowest BCUT2D eigenvalue weighted by Crippen LogP contribution is -2.37. The van der Waals surface area contributed by atoms with Crippen molar-refractivity contribution in [1.82, 2.24) is 14.7 Å². The number of halogens is 1. The lowest BCUT2D eigenvalue weighted by molar-refractivity contribution is -0.131. The monoisotopic (exact) mass is 345 g/mol. The lowest BCUT2D eigenvalue weighted by atomic mass is 10.0. The standard InChI is InChI=1S/C19H24ClN3O/c1-14-16(13-22(2)21-14)9-10-19(24)23-11-5-7-17(23)12-15-6-3-4-8-18(15)20/h3-4,6,8,13,17H,5,7,9-12H2,1-2H3/t17-/m1/s1. The predicted molar refractivity (Wildman–Crippen MR) is 96.2 cm³/mol. The van der Waals surface area contributed by atoms with Crippen molar-refractivity contribution in [3.63, 3.8) is 0 Å². The summed E-state index contributed by atoms with van der Waals surface area (Å²) in [6.45, 7) is 2.86. The molecule has 0 bridgehead atoms. The first kappa shape index (κ1) is 17.0. The Kier molecular flexibility index (Phi) is 5.24. The number of aromatic nitrogens is 2. The Labute approximate surface area is 148 Å². The maximum Gasteiger partial charge on any atom is 0.223 e. The van der Waals surface area contributed by atoms with Gasteiger partial charge in [0.1, 0.15) is 0 Å². The molecule has 1 saturated heterocycles. The molecule has 1 atom stereocenters. The van der Waals surface area contributed by atoms with Gasteiger partial charge in [0.05, 0.1) is 5.69 Å². The molecule has 0 radical (unpaired) electrons.